The van der Waals surface area contributed by atoms with Crippen LogP contribution in [-0.4, -0.2) is 89.1 Å². The van der Waals surface area contributed by atoms with Crippen molar-refractivity contribution in [2.24, 2.45) is 0 Å². The third kappa shape index (κ3) is 5.27. The summed E-state index contributed by atoms with van der Waals surface area (Å²) in [6.45, 7) is 6.69. The minimum atomic E-state index is 0.0961. The van der Waals surface area contributed by atoms with Crippen LogP contribution >= 0.6 is 21.0 Å². The fraction of sp³-hybridized carbons (Fsp3) is 0.452. The van der Waals surface area contributed by atoms with E-state index >= 15 is 0 Å². The summed E-state index contributed by atoms with van der Waals surface area (Å²) < 4.78 is 6.48. The molecule has 2 aromatic carbocycles. The van der Waals surface area contributed by atoms with Gasteiger partial charge in [0.15, 0.2) is 0 Å². The molecule has 1 N–H and O–H groups in total. The highest BCUT2D eigenvalue weighted by atomic mass is 32.2. The molecule has 1 unspecified atom stereocenters. The van der Waals surface area contributed by atoms with Gasteiger partial charge < -0.3 is 15.0 Å². The Morgan fingerprint density at radius 2 is 2.05 bits per heavy atom. The van der Waals surface area contributed by atoms with Gasteiger partial charge >= 0.3 is 6.01 Å². The van der Waals surface area contributed by atoms with E-state index in [-0.39, 0.29) is 5.54 Å². The Kier molecular flexibility index (Phi) is 7.88. The van der Waals surface area contributed by atoms with Crippen LogP contribution in [0.15, 0.2) is 47.5 Å². The summed E-state index contributed by atoms with van der Waals surface area (Å²) in [5.74, 6) is 0.780. The van der Waals surface area contributed by atoms with E-state index in [4.69, 9.17) is 19.7 Å². The van der Waals surface area contributed by atoms with E-state index in [0.717, 1.165) is 66.1 Å². The number of aryl methyl sites for hydroxylation is 1. The number of nitrogens with zero attached hydrogens (tertiary/aromatic N) is 5. The summed E-state index contributed by atoms with van der Waals surface area (Å²) in [6.07, 6.45) is 7.59. The van der Waals surface area contributed by atoms with Crippen molar-refractivity contribution in [3.63, 3.8) is 0 Å². The predicted molar refractivity (Wildman–Crippen MR) is 171 cm³/mol. The zero-order chi connectivity index (χ0) is 27.9. The maximum Gasteiger partial charge on any atom is 0.319 e. The smallest absolute Gasteiger partial charge is 0.319 e. The number of nitrogens with one attached hydrogen (secondary N) is 1. The first-order valence-electron chi connectivity index (χ1n) is 14.1. The summed E-state index contributed by atoms with van der Waals surface area (Å²) in [7, 11) is 7.17. The Morgan fingerprint density at radius 1 is 1.20 bits per heavy atom. The monoisotopic (exact) mass is 574 g/mol. The largest absolute Gasteiger partial charge is 0.461 e. The molecular formula is C31H39N6OPS. The molecule has 7 nitrogen and oxygen atoms in total. The van der Waals surface area contributed by atoms with Crippen LogP contribution in [0, 0.1) is 6.92 Å². The van der Waals surface area contributed by atoms with E-state index in [1.807, 2.05) is 6.20 Å². The summed E-state index contributed by atoms with van der Waals surface area (Å²) >= 11 is 1.75. The van der Waals surface area contributed by atoms with Crippen molar-refractivity contribution in [1.82, 2.24) is 24.8 Å². The molecule has 6 rings (SSSR count). The van der Waals surface area contributed by atoms with Crippen LogP contribution in [0.25, 0.3) is 32.9 Å². The number of anilines is 1. The molecule has 0 spiro atoms. The zero-order valence-electron chi connectivity index (χ0n) is 23.9. The van der Waals surface area contributed by atoms with Crippen molar-refractivity contribution < 1.29 is 4.74 Å². The fourth-order valence-electron chi connectivity index (χ4n) is 6.43. The van der Waals surface area contributed by atoms with E-state index < -0.39 is 0 Å². The minimum Gasteiger partial charge on any atom is -0.461 e. The third-order valence-electron chi connectivity index (χ3n) is 8.44. The van der Waals surface area contributed by atoms with Gasteiger partial charge in [-0.05, 0) is 81.6 Å². The Hall–Kier alpha value is -2.51. The highest BCUT2D eigenvalue weighted by molar-refractivity contribution is 7.98. The number of likely N-dealkylation sites (N-methyl/N-ethyl adjacent to an activating group) is 1. The second-order valence-corrected chi connectivity index (χ2v) is 13.3. The molecular weight excluding hydrogens is 535 g/mol. The highest BCUT2D eigenvalue weighted by Gasteiger charge is 2.47. The molecule has 0 radical (unpaired) electrons. The van der Waals surface area contributed by atoms with Gasteiger partial charge in [-0.25, -0.2) is 0 Å². The number of hydrogen-bond donors (Lipinski definition) is 1. The van der Waals surface area contributed by atoms with Gasteiger partial charge in [-0.2, -0.15) is 9.97 Å². The van der Waals surface area contributed by atoms with Crippen LogP contribution in [0.2, 0.25) is 0 Å². The van der Waals surface area contributed by atoms with Crippen molar-refractivity contribution in [1.29, 1.82) is 0 Å². The summed E-state index contributed by atoms with van der Waals surface area (Å²) in [6, 6.07) is 13.5. The first kappa shape index (κ1) is 27.6. The molecule has 0 aliphatic carbocycles. The topological polar surface area (TPSA) is 66.4 Å². The minimum absolute atomic E-state index is 0.0961. The van der Waals surface area contributed by atoms with Gasteiger partial charge in [-0.1, -0.05) is 24.3 Å². The van der Waals surface area contributed by atoms with Crippen LogP contribution < -0.4 is 10.1 Å². The van der Waals surface area contributed by atoms with Gasteiger partial charge in [0, 0.05) is 41.9 Å². The maximum atomic E-state index is 6.48. The number of fused-ring (bicyclic) bond motifs is 3. The Balaban J connectivity index is 1.42. The average molecular weight is 575 g/mol. The Labute approximate surface area is 243 Å². The van der Waals surface area contributed by atoms with Crippen LogP contribution in [-0.2, 0) is 0 Å². The number of benzene rings is 2. The zero-order valence-corrected chi connectivity index (χ0v) is 25.9. The van der Waals surface area contributed by atoms with E-state index in [9.17, 15) is 0 Å². The van der Waals surface area contributed by atoms with Gasteiger partial charge in [0.25, 0.3) is 0 Å². The quantitative estimate of drug-likeness (QED) is 0.202. The number of pyridine rings is 1. The number of ether oxygens (including phenoxy) is 1. The van der Waals surface area contributed by atoms with Gasteiger partial charge in [-0.3, -0.25) is 9.88 Å². The van der Waals surface area contributed by atoms with Gasteiger partial charge in [0.1, 0.15) is 12.4 Å². The van der Waals surface area contributed by atoms with Crippen molar-refractivity contribution in [3.8, 4) is 17.3 Å². The molecule has 2 aromatic heterocycles. The number of rotatable bonds is 9. The molecule has 4 aromatic rings. The molecule has 2 aliphatic rings. The Morgan fingerprint density at radius 3 is 2.88 bits per heavy atom. The molecule has 4 heterocycles. The van der Waals surface area contributed by atoms with Crippen molar-refractivity contribution in [2.75, 3.05) is 58.5 Å². The maximum absolute atomic E-state index is 6.48. The molecule has 0 amide bonds. The molecule has 210 valence electrons. The molecule has 2 aliphatic heterocycles. The lowest BCUT2D eigenvalue weighted by atomic mass is 9.95. The second-order valence-electron chi connectivity index (χ2n) is 11.5. The molecule has 9 heteroatoms. The van der Waals surface area contributed by atoms with Crippen molar-refractivity contribution in [3.05, 3.63) is 48.2 Å². The first-order valence-corrected chi connectivity index (χ1v) is 16.0. The van der Waals surface area contributed by atoms with Crippen LogP contribution in [0.5, 0.6) is 6.01 Å². The summed E-state index contributed by atoms with van der Waals surface area (Å²) in [4.78, 5) is 20.9. The molecule has 2 saturated heterocycles. The number of hydrogen-bond acceptors (Lipinski definition) is 8. The highest BCUT2D eigenvalue weighted by Crippen LogP contribution is 2.42. The third-order valence-corrected chi connectivity index (χ3v) is 9.60. The average Bonchev–Trinajstić information content (AvgIpc) is 3.47. The standard InChI is InChI=1S/C31H39N6OPS/c1-20-27(25-15-23(40-4)14-21-8-5-6-9-24(21)25)33-17-26-28(20)34-30(35-29(26)32-11-13-36(2)3)38-19-31-10-7-12-37(31)18-22(39)16-31/h5-6,8-9,14-15,17,22H,7,10-13,16,18-19,39H2,1-4H3,(H,32,34,35)/t22-,31+/m1/s1. The predicted octanol–water partition coefficient (Wildman–Crippen LogP) is 5.71. The van der Waals surface area contributed by atoms with Crippen LogP contribution in [0.1, 0.15) is 24.8 Å². The second kappa shape index (κ2) is 11.4. The lowest BCUT2D eigenvalue weighted by molar-refractivity contribution is 0.108. The van der Waals surface area contributed by atoms with Crippen molar-refractivity contribution >= 4 is 48.5 Å². The molecule has 2 fully saturated rings. The molecule has 0 bridgehead atoms. The molecule has 3 atom stereocenters. The lowest BCUT2D eigenvalue weighted by Crippen LogP contribution is -2.43. The van der Waals surface area contributed by atoms with Crippen LogP contribution in [0.3, 0.4) is 0 Å². The van der Waals surface area contributed by atoms with E-state index in [1.165, 1.54) is 28.5 Å². The number of thioether (sulfide) groups is 1. The fourth-order valence-corrected chi connectivity index (χ4v) is 7.60. The van der Waals surface area contributed by atoms with Crippen molar-refractivity contribution in [2.45, 2.75) is 42.3 Å². The molecule has 0 saturated carbocycles. The van der Waals surface area contributed by atoms with Crippen LogP contribution in [0.4, 0.5) is 5.82 Å². The lowest BCUT2D eigenvalue weighted by Gasteiger charge is -2.31. The number of aromatic nitrogens is 3. The SMILES string of the molecule is CSc1cc(-c2ncc3c(NCCN(C)C)nc(OC[C@@]45CCCN4C[C@H](P)C5)nc3c2C)c2ccccc2c1. The van der Waals surface area contributed by atoms with E-state index in [0.29, 0.717) is 18.3 Å². The molecule has 40 heavy (non-hydrogen) atoms. The van der Waals surface area contributed by atoms with Gasteiger partial charge in [0.2, 0.25) is 0 Å². The summed E-state index contributed by atoms with van der Waals surface area (Å²) in [5, 5.41) is 6.87. The van der Waals surface area contributed by atoms with Gasteiger partial charge in [-0.15, -0.1) is 21.0 Å². The van der Waals surface area contributed by atoms with Gasteiger partial charge in [0.05, 0.1) is 22.1 Å². The first-order chi connectivity index (χ1) is 19.4. The normalized spacial score (nSPS) is 21.0. The van der Waals surface area contributed by atoms with E-state index in [2.05, 4.69) is 88.0 Å². The summed E-state index contributed by atoms with van der Waals surface area (Å²) in [5.41, 5.74) is 4.72. The van der Waals surface area contributed by atoms with E-state index in [1.54, 1.807) is 11.8 Å². The Bertz CT molecular complexity index is 1550.